The van der Waals surface area contributed by atoms with Gasteiger partial charge in [0.2, 0.25) is 0 Å². The van der Waals surface area contributed by atoms with Crippen LogP contribution in [0, 0.1) is 0 Å². The highest BCUT2D eigenvalue weighted by Gasteiger charge is 2.37. The minimum atomic E-state index is -3.33. The summed E-state index contributed by atoms with van der Waals surface area (Å²) < 4.78 is 25.9. The van der Waals surface area contributed by atoms with Crippen molar-refractivity contribution in [1.29, 1.82) is 0 Å². The van der Waals surface area contributed by atoms with Crippen molar-refractivity contribution in [2.24, 2.45) is 5.73 Å². The Morgan fingerprint density at radius 3 is 2.64 bits per heavy atom. The first-order chi connectivity index (χ1) is 6.47. The predicted octanol–water partition coefficient (Wildman–Crippen LogP) is 1.97. The molecule has 0 fully saturated rings. The van der Waals surface area contributed by atoms with E-state index in [9.17, 15) is 8.78 Å². The Kier molecular flexibility index (Phi) is 3.42. The van der Waals surface area contributed by atoms with Gasteiger partial charge in [0.05, 0.1) is 6.04 Å². The van der Waals surface area contributed by atoms with Crippen molar-refractivity contribution < 1.29 is 13.9 Å². The zero-order valence-electron chi connectivity index (χ0n) is 7.25. The van der Waals surface area contributed by atoms with Crippen molar-refractivity contribution >= 4 is 11.6 Å². The Bertz CT molecular complexity index is 319. The number of hydrogen-bond acceptors (Lipinski definition) is 2. The van der Waals surface area contributed by atoms with E-state index in [0.29, 0.717) is 5.02 Å². The molecule has 14 heavy (non-hydrogen) atoms. The Balaban J connectivity index is 2.94. The summed E-state index contributed by atoms with van der Waals surface area (Å²) >= 11 is 5.62. The topological polar surface area (TPSA) is 46.2 Å². The van der Waals surface area contributed by atoms with Gasteiger partial charge < -0.3 is 10.8 Å². The Morgan fingerprint density at radius 1 is 1.50 bits per heavy atom. The second-order valence-corrected chi connectivity index (χ2v) is 3.39. The Labute approximate surface area is 85.3 Å². The molecule has 0 aliphatic rings. The van der Waals surface area contributed by atoms with Gasteiger partial charge in [-0.15, -0.1) is 0 Å². The molecule has 0 amide bonds. The molecule has 0 saturated heterocycles. The fourth-order valence-electron chi connectivity index (χ4n) is 1.04. The first-order valence-corrected chi connectivity index (χ1v) is 4.35. The van der Waals surface area contributed by atoms with E-state index in [4.69, 9.17) is 22.4 Å². The maximum absolute atomic E-state index is 12.9. The highest BCUT2D eigenvalue weighted by Crippen LogP contribution is 2.29. The lowest BCUT2D eigenvalue weighted by Crippen LogP contribution is -2.36. The number of halogens is 3. The summed E-state index contributed by atoms with van der Waals surface area (Å²) in [5.41, 5.74) is 5.49. The molecule has 0 spiro atoms. The standard InChI is InChI=1S/C9H10ClF2NO/c10-7-3-1-2-6(4-7)8(13)9(11,12)5-14/h1-4,8,14H,5,13H2. The summed E-state index contributed by atoms with van der Waals surface area (Å²) in [4.78, 5) is 0. The third-order valence-electron chi connectivity index (χ3n) is 1.87. The normalized spacial score (nSPS) is 14.1. The number of aliphatic hydroxyl groups is 1. The van der Waals surface area contributed by atoms with Gasteiger partial charge in [0.25, 0.3) is 5.92 Å². The van der Waals surface area contributed by atoms with E-state index in [1.807, 2.05) is 0 Å². The molecule has 5 heteroatoms. The van der Waals surface area contributed by atoms with Crippen LogP contribution in [0.25, 0.3) is 0 Å². The Hall–Kier alpha value is -0.710. The fraction of sp³-hybridized carbons (Fsp3) is 0.333. The van der Waals surface area contributed by atoms with Crippen LogP contribution >= 0.6 is 11.6 Å². The van der Waals surface area contributed by atoms with Crippen LogP contribution < -0.4 is 5.73 Å². The molecule has 1 aromatic rings. The van der Waals surface area contributed by atoms with Crippen LogP contribution in [0.5, 0.6) is 0 Å². The molecule has 0 saturated carbocycles. The fourth-order valence-corrected chi connectivity index (χ4v) is 1.24. The van der Waals surface area contributed by atoms with E-state index >= 15 is 0 Å². The summed E-state index contributed by atoms with van der Waals surface area (Å²) in [6, 6.07) is 4.36. The lowest BCUT2D eigenvalue weighted by atomic mass is 10.0. The molecule has 0 aromatic heterocycles. The molecule has 3 N–H and O–H groups in total. The quantitative estimate of drug-likeness (QED) is 0.820. The van der Waals surface area contributed by atoms with E-state index in [1.54, 1.807) is 6.07 Å². The summed E-state index contributed by atoms with van der Waals surface area (Å²) in [6.45, 7) is -1.28. The second kappa shape index (κ2) is 4.21. The zero-order valence-corrected chi connectivity index (χ0v) is 8.01. The summed E-state index contributed by atoms with van der Waals surface area (Å²) in [6.07, 6.45) is 0. The minimum Gasteiger partial charge on any atom is -0.390 e. The third-order valence-corrected chi connectivity index (χ3v) is 2.11. The van der Waals surface area contributed by atoms with Gasteiger partial charge in [-0.2, -0.15) is 0 Å². The summed E-state index contributed by atoms with van der Waals surface area (Å²) in [5, 5.41) is 8.77. The van der Waals surface area contributed by atoms with Crippen LogP contribution in [-0.2, 0) is 0 Å². The molecular formula is C9H10ClF2NO. The average Bonchev–Trinajstić information content (AvgIpc) is 2.16. The van der Waals surface area contributed by atoms with E-state index in [2.05, 4.69) is 0 Å². The monoisotopic (exact) mass is 221 g/mol. The molecule has 1 aromatic carbocycles. The number of rotatable bonds is 3. The van der Waals surface area contributed by atoms with Crippen LogP contribution in [0.15, 0.2) is 24.3 Å². The average molecular weight is 222 g/mol. The highest BCUT2D eigenvalue weighted by molar-refractivity contribution is 6.30. The first kappa shape index (κ1) is 11.4. The minimum absolute atomic E-state index is 0.205. The van der Waals surface area contributed by atoms with Crippen molar-refractivity contribution in [3.63, 3.8) is 0 Å². The molecule has 78 valence electrons. The van der Waals surface area contributed by atoms with E-state index in [0.717, 1.165) is 0 Å². The van der Waals surface area contributed by atoms with Gasteiger partial charge in [0, 0.05) is 5.02 Å². The van der Waals surface area contributed by atoms with Gasteiger partial charge in [-0.05, 0) is 17.7 Å². The second-order valence-electron chi connectivity index (χ2n) is 2.95. The van der Waals surface area contributed by atoms with Crippen molar-refractivity contribution in [2.75, 3.05) is 6.61 Å². The molecule has 2 nitrogen and oxygen atoms in total. The predicted molar refractivity (Wildman–Crippen MR) is 50.4 cm³/mol. The molecule has 0 aliphatic heterocycles. The zero-order chi connectivity index (χ0) is 10.8. The maximum atomic E-state index is 12.9. The van der Waals surface area contributed by atoms with Crippen LogP contribution in [0.1, 0.15) is 11.6 Å². The van der Waals surface area contributed by atoms with E-state index < -0.39 is 18.6 Å². The first-order valence-electron chi connectivity index (χ1n) is 3.97. The lowest BCUT2D eigenvalue weighted by molar-refractivity contribution is -0.0711. The number of hydrogen-bond donors (Lipinski definition) is 2. The van der Waals surface area contributed by atoms with Gasteiger partial charge in [-0.1, -0.05) is 23.7 Å². The van der Waals surface area contributed by atoms with E-state index in [-0.39, 0.29) is 5.56 Å². The number of benzene rings is 1. The van der Waals surface area contributed by atoms with Crippen molar-refractivity contribution in [1.82, 2.24) is 0 Å². The molecule has 0 aliphatic carbocycles. The molecule has 1 rings (SSSR count). The smallest absolute Gasteiger partial charge is 0.289 e. The highest BCUT2D eigenvalue weighted by atomic mass is 35.5. The van der Waals surface area contributed by atoms with Crippen LogP contribution in [-0.4, -0.2) is 17.6 Å². The van der Waals surface area contributed by atoms with Crippen molar-refractivity contribution in [2.45, 2.75) is 12.0 Å². The molecular weight excluding hydrogens is 212 g/mol. The SMILES string of the molecule is NC(c1cccc(Cl)c1)C(F)(F)CO. The lowest BCUT2D eigenvalue weighted by Gasteiger charge is -2.21. The van der Waals surface area contributed by atoms with Crippen LogP contribution in [0.2, 0.25) is 5.02 Å². The molecule has 1 atom stereocenters. The number of nitrogens with two attached hydrogens (primary N) is 1. The summed E-state index contributed by atoms with van der Waals surface area (Å²) in [5.74, 6) is -3.33. The summed E-state index contributed by atoms with van der Waals surface area (Å²) in [7, 11) is 0. The third kappa shape index (κ3) is 2.41. The molecule has 0 heterocycles. The maximum Gasteiger partial charge on any atom is 0.289 e. The van der Waals surface area contributed by atoms with Crippen LogP contribution in [0.4, 0.5) is 8.78 Å². The van der Waals surface area contributed by atoms with E-state index in [1.165, 1.54) is 18.2 Å². The largest absolute Gasteiger partial charge is 0.390 e. The van der Waals surface area contributed by atoms with Crippen molar-refractivity contribution in [3.8, 4) is 0 Å². The van der Waals surface area contributed by atoms with Gasteiger partial charge >= 0.3 is 0 Å². The molecule has 0 radical (unpaired) electrons. The van der Waals surface area contributed by atoms with Gasteiger partial charge in [-0.25, -0.2) is 8.78 Å². The van der Waals surface area contributed by atoms with Crippen LogP contribution in [0.3, 0.4) is 0 Å². The van der Waals surface area contributed by atoms with Gasteiger partial charge in [-0.3, -0.25) is 0 Å². The molecule has 1 unspecified atom stereocenters. The Morgan fingerprint density at radius 2 is 2.14 bits per heavy atom. The van der Waals surface area contributed by atoms with Crippen molar-refractivity contribution in [3.05, 3.63) is 34.9 Å². The van der Waals surface area contributed by atoms with Gasteiger partial charge in [0.1, 0.15) is 6.61 Å². The number of aliphatic hydroxyl groups excluding tert-OH is 1. The van der Waals surface area contributed by atoms with Gasteiger partial charge in [0.15, 0.2) is 0 Å². The molecule has 0 bridgehead atoms. The number of alkyl halides is 2.